The van der Waals surface area contributed by atoms with Gasteiger partial charge in [-0.15, -0.1) is 0 Å². The van der Waals surface area contributed by atoms with Gasteiger partial charge >= 0.3 is 0 Å². The lowest BCUT2D eigenvalue weighted by molar-refractivity contribution is -0.107. The molecule has 0 saturated heterocycles. The molecule has 15 heavy (non-hydrogen) atoms. The van der Waals surface area contributed by atoms with Crippen LogP contribution in [0.5, 0.6) is 5.75 Å². The molecular formula is C12H13ClO2. The molecule has 0 fully saturated rings. The highest BCUT2D eigenvalue weighted by molar-refractivity contribution is 6.66. The van der Waals surface area contributed by atoms with E-state index < -0.39 is 5.24 Å². The fourth-order valence-corrected chi connectivity index (χ4v) is 1.12. The quantitative estimate of drug-likeness (QED) is 0.567. The summed E-state index contributed by atoms with van der Waals surface area (Å²) < 4.78 is 5.42. The van der Waals surface area contributed by atoms with Crippen molar-refractivity contribution in [2.45, 2.75) is 13.3 Å². The van der Waals surface area contributed by atoms with Crippen LogP contribution in [0.1, 0.15) is 18.9 Å². The van der Waals surface area contributed by atoms with Gasteiger partial charge < -0.3 is 4.74 Å². The summed E-state index contributed by atoms with van der Waals surface area (Å²) in [4.78, 5) is 10.5. The summed E-state index contributed by atoms with van der Waals surface area (Å²) in [6.07, 6.45) is 3.98. The van der Waals surface area contributed by atoms with E-state index in [2.05, 4.69) is 6.92 Å². The van der Waals surface area contributed by atoms with Gasteiger partial charge in [-0.25, -0.2) is 0 Å². The van der Waals surface area contributed by atoms with E-state index in [-0.39, 0.29) is 0 Å². The lowest BCUT2D eigenvalue weighted by Crippen LogP contribution is -1.94. The minimum Gasteiger partial charge on any atom is -0.494 e. The van der Waals surface area contributed by atoms with Gasteiger partial charge in [-0.2, -0.15) is 0 Å². The van der Waals surface area contributed by atoms with Crippen LogP contribution >= 0.6 is 11.6 Å². The van der Waals surface area contributed by atoms with Crippen LogP contribution in [0.3, 0.4) is 0 Å². The Hall–Kier alpha value is -1.28. The molecule has 80 valence electrons. The number of rotatable bonds is 5. The Balaban J connectivity index is 2.60. The largest absolute Gasteiger partial charge is 0.494 e. The van der Waals surface area contributed by atoms with Gasteiger partial charge in [0.1, 0.15) is 5.75 Å². The number of carbonyl (C=O) groups is 1. The predicted octanol–water partition coefficient (Wildman–Crippen LogP) is 3.25. The fraction of sp³-hybridized carbons (Fsp3) is 0.250. The molecule has 1 rings (SSSR count). The molecule has 0 N–H and O–H groups in total. The molecule has 0 bridgehead atoms. The van der Waals surface area contributed by atoms with Gasteiger partial charge in [0.25, 0.3) is 0 Å². The highest BCUT2D eigenvalue weighted by Gasteiger charge is 1.93. The number of halogens is 1. The Morgan fingerprint density at radius 2 is 2.07 bits per heavy atom. The summed E-state index contributed by atoms with van der Waals surface area (Å²) in [7, 11) is 0. The normalized spacial score (nSPS) is 10.5. The van der Waals surface area contributed by atoms with Crippen molar-refractivity contribution in [2.75, 3.05) is 6.61 Å². The SMILES string of the molecule is CCCOc1ccc(C=CC(=O)Cl)cc1. The monoisotopic (exact) mass is 224 g/mol. The topological polar surface area (TPSA) is 26.3 Å². The van der Waals surface area contributed by atoms with E-state index in [0.717, 1.165) is 24.3 Å². The van der Waals surface area contributed by atoms with Crippen LogP contribution in [0.4, 0.5) is 0 Å². The third-order valence-corrected chi connectivity index (χ3v) is 1.89. The van der Waals surface area contributed by atoms with Crippen molar-refractivity contribution in [3.05, 3.63) is 35.9 Å². The van der Waals surface area contributed by atoms with Gasteiger partial charge in [0.15, 0.2) is 0 Å². The lowest BCUT2D eigenvalue weighted by atomic mass is 10.2. The maximum atomic E-state index is 10.5. The molecule has 0 atom stereocenters. The van der Waals surface area contributed by atoms with Crippen LogP contribution in [0, 0.1) is 0 Å². The van der Waals surface area contributed by atoms with Gasteiger partial charge in [-0.1, -0.05) is 25.1 Å². The minimum atomic E-state index is -0.471. The second kappa shape index (κ2) is 6.25. The molecule has 0 radical (unpaired) electrons. The van der Waals surface area contributed by atoms with Gasteiger partial charge in [-0.3, -0.25) is 4.79 Å². The van der Waals surface area contributed by atoms with Crippen LogP contribution in [0.2, 0.25) is 0 Å². The summed E-state index contributed by atoms with van der Waals surface area (Å²) in [5.41, 5.74) is 0.924. The van der Waals surface area contributed by atoms with Crippen molar-refractivity contribution in [1.82, 2.24) is 0 Å². The second-order valence-electron chi connectivity index (χ2n) is 3.05. The summed E-state index contributed by atoms with van der Waals surface area (Å²) >= 11 is 5.18. The minimum absolute atomic E-state index is 0.471. The average molecular weight is 225 g/mol. The number of carbonyl (C=O) groups excluding carboxylic acids is 1. The Labute approximate surface area is 94.5 Å². The van der Waals surface area contributed by atoms with Crippen LogP contribution in [-0.2, 0) is 4.79 Å². The van der Waals surface area contributed by atoms with Crippen molar-refractivity contribution in [1.29, 1.82) is 0 Å². The summed E-state index contributed by atoms with van der Waals surface area (Å²) in [6.45, 7) is 2.78. The van der Waals surface area contributed by atoms with Crippen molar-refractivity contribution < 1.29 is 9.53 Å². The number of hydrogen-bond donors (Lipinski definition) is 0. The van der Waals surface area contributed by atoms with E-state index in [0.29, 0.717) is 0 Å². The number of hydrogen-bond acceptors (Lipinski definition) is 2. The molecule has 0 unspecified atom stereocenters. The van der Waals surface area contributed by atoms with Gasteiger partial charge in [0.2, 0.25) is 5.24 Å². The maximum absolute atomic E-state index is 10.5. The lowest BCUT2D eigenvalue weighted by Gasteiger charge is -2.03. The Morgan fingerprint density at radius 1 is 1.40 bits per heavy atom. The zero-order valence-corrected chi connectivity index (χ0v) is 9.33. The molecule has 0 saturated carbocycles. The number of benzene rings is 1. The summed E-state index contributed by atoms with van der Waals surface area (Å²) in [5, 5.41) is -0.471. The van der Waals surface area contributed by atoms with Crippen LogP contribution in [0.15, 0.2) is 30.3 Å². The molecule has 0 amide bonds. The smallest absolute Gasteiger partial charge is 0.245 e. The maximum Gasteiger partial charge on any atom is 0.245 e. The van der Waals surface area contributed by atoms with E-state index >= 15 is 0 Å². The van der Waals surface area contributed by atoms with Gasteiger partial charge in [0, 0.05) is 0 Å². The standard InChI is InChI=1S/C12H13ClO2/c1-2-9-15-11-6-3-10(4-7-11)5-8-12(13)14/h3-8H,2,9H2,1H3. The molecule has 3 heteroatoms. The Bertz CT molecular complexity index is 341. The third-order valence-electron chi connectivity index (χ3n) is 1.76. The Morgan fingerprint density at radius 3 is 2.60 bits per heavy atom. The molecule has 0 aromatic heterocycles. The summed E-state index contributed by atoms with van der Waals surface area (Å²) in [6, 6.07) is 7.49. The fourth-order valence-electron chi connectivity index (χ4n) is 1.06. The Kier molecular flexibility index (Phi) is 4.91. The van der Waals surface area contributed by atoms with Crippen LogP contribution in [0.25, 0.3) is 6.08 Å². The first-order chi connectivity index (χ1) is 7.22. The number of allylic oxidation sites excluding steroid dienone is 1. The molecule has 0 aliphatic heterocycles. The highest BCUT2D eigenvalue weighted by Crippen LogP contribution is 2.13. The van der Waals surface area contributed by atoms with Crippen molar-refractivity contribution in [3.8, 4) is 5.75 Å². The molecule has 0 aliphatic carbocycles. The highest BCUT2D eigenvalue weighted by atomic mass is 35.5. The van der Waals surface area contributed by atoms with E-state index in [1.807, 2.05) is 24.3 Å². The van der Waals surface area contributed by atoms with Crippen molar-refractivity contribution >= 4 is 22.9 Å². The van der Waals surface area contributed by atoms with Gasteiger partial charge in [-0.05, 0) is 41.8 Å². The predicted molar refractivity (Wildman–Crippen MR) is 62.1 cm³/mol. The first-order valence-electron chi connectivity index (χ1n) is 4.83. The second-order valence-corrected chi connectivity index (χ2v) is 3.43. The van der Waals surface area contributed by atoms with Gasteiger partial charge in [0.05, 0.1) is 6.61 Å². The molecule has 0 aliphatic rings. The van der Waals surface area contributed by atoms with E-state index in [4.69, 9.17) is 16.3 Å². The zero-order chi connectivity index (χ0) is 11.1. The summed E-state index contributed by atoms with van der Waals surface area (Å²) in [5.74, 6) is 0.839. The van der Waals surface area contributed by atoms with Crippen molar-refractivity contribution in [2.24, 2.45) is 0 Å². The zero-order valence-electron chi connectivity index (χ0n) is 8.57. The molecule has 0 heterocycles. The van der Waals surface area contributed by atoms with Crippen LogP contribution < -0.4 is 4.74 Å². The molecule has 0 spiro atoms. The van der Waals surface area contributed by atoms with E-state index in [1.165, 1.54) is 6.08 Å². The van der Waals surface area contributed by atoms with Crippen LogP contribution in [-0.4, -0.2) is 11.8 Å². The number of ether oxygens (including phenoxy) is 1. The van der Waals surface area contributed by atoms with E-state index in [1.54, 1.807) is 6.08 Å². The van der Waals surface area contributed by atoms with E-state index in [9.17, 15) is 4.79 Å². The first-order valence-corrected chi connectivity index (χ1v) is 5.20. The first kappa shape index (κ1) is 11.8. The van der Waals surface area contributed by atoms with Crippen molar-refractivity contribution in [3.63, 3.8) is 0 Å². The molecule has 1 aromatic rings. The molecule has 1 aromatic carbocycles. The third kappa shape index (κ3) is 4.66. The average Bonchev–Trinajstić information content (AvgIpc) is 2.25. The molecular weight excluding hydrogens is 212 g/mol. The molecule has 2 nitrogen and oxygen atoms in total.